The fourth-order valence-corrected chi connectivity index (χ4v) is 1.46. The minimum absolute atomic E-state index is 0.0793. The van der Waals surface area contributed by atoms with Gasteiger partial charge in [-0.3, -0.25) is 4.79 Å². The van der Waals surface area contributed by atoms with Gasteiger partial charge in [0.05, 0.1) is 0 Å². The van der Waals surface area contributed by atoms with Crippen LogP contribution in [0.4, 0.5) is 0 Å². The molecule has 0 aromatic heterocycles. The second-order valence-electron chi connectivity index (χ2n) is 4.26. The third-order valence-electron chi connectivity index (χ3n) is 2.64. The minimum atomic E-state index is 0.0793. The lowest BCUT2D eigenvalue weighted by Gasteiger charge is -2.00. The number of benzene rings is 2. The molecule has 1 nitrogen and oxygen atoms in total. The lowest BCUT2D eigenvalue weighted by Crippen LogP contribution is -2.00. The zero-order valence-corrected chi connectivity index (χ0v) is 13.6. The molecule has 0 fully saturated rings. The second-order valence-corrected chi connectivity index (χ2v) is 4.26. The van der Waals surface area contributed by atoms with Gasteiger partial charge in [0.2, 0.25) is 0 Å². The van der Waals surface area contributed by atoms with E-state index in [-0.39, 0.29) is 5.78 Å². The largest absolute Gasteiger partial charge is 0.289 e. The fraction of sp³-hybridized carbons (Fsp3) is 0.250. The van der Waals surface area contributed by atoms with Crippen molar-refractivity contribution in [2.24, 2.45) is 0 Å². The Morgan fingerprint density at radius 2 is 1.38 bits per heavy atom. The molecule has 2 aromatic rings. The SMILES string of the molecule is C=CCC.CC.Cc1ccc(C(=O)c2ccccc2)cc1. The molecule has 2 aromatic carbocycles. The Balaban J connectivity index is 0.000000579. The Bertz CT molecular complexity index is 509. The number of aryl methyl sites for hydroxylation is 1. The van der Waals surface area contributed by atoms with Crippen LogP contribution >= 0.6 is 0 Å². The van der Waals surface area contributed by atoms with Crippen molar-refractivity contribution in [1.29, 1.82) is 0 Å². The van der Waals surface area contributed by atoms with E-state index in [1.807, 2.05) is 81.4 Å². The molecule has 0 radical (unpaired) electrons. The summed E-state index contributed by atoms with van der Waals surface area (Å²) >= 11 is 0. The van der Waals surface area contributed by atoms with Crippen molar-refractivity contribution in [3.05, 3.63) is 83.9 Å². The Morgan fingerprint density at radius 1 is 0.952 bits per heavy atom. The van der Waals surface area contributed by atoms with Gasteiger partial charge in [-0.25, -0.2) is 0 Å². The van der Waals surface area contributed by atoms with Crippen molar-refractivity contribution >= 4 is 5.78 Å². The van der Waals surface area contributed by atoms with E-state index in [1.165, 1.54) is 5.56 Å². The Labute approximate surface area is 129 Å². The maximum absolute atomic E-state index is 12.0. The maximum atomic E-state index is 12.0. The number of hydrogen-bond acceptors (Lipinski definition) is 1. The van der Waals surface area contributed by atoms with Gasteiger partial charge in [-0.1, -0.05) is 87.0 Å². The summed E-state index contributed by atoms with van der Waals surface area (Å²) < 4.78 is 0. The van der Waals surface area contributed by atoms with Crippen molar-refractivity contribution in [3.8, 4) is 0 Å². The topological polar surface area (TPSA) is 17.1 Å². The smallest absolute Gasteiger partial charge is 0.193 e. The summed E-state index contributed by atoms with van der Waals surface area (Å²) in [6.07, 6.45) is 2.96. The predicted molar refractivity (Wildman–Crippen MR) is 92.9 cm³/mol. The third kappa shape index (κ3) is 7.26. The van der Waals surface area contributed by atoms with Crippen LogP contribution in [0, 0.1) is 6.92 Å². The number of carbonyl (C=O) groups is 1. The fourth-order valence-electron chi connectivity index (χ4n) is 1.46. The molecule has 0 bridgehead atoms. The summed E-state index contributed by atoms with van der Waals surface area (Å²) in [6.45, 7) is 11.6. The number of carbonyl (C=O) groups excluding carboxylic acids is 1. The Kier molecular flexibility index (Phi) is 10.5. The van der Waals surface area contributed by atoms with E-state index < -0.39 is 0 Å². The van der Waals surface area contributed by atoms with Crippen LogP contribution in [-0.4, -0.2) is 5.78 Å². The lowest BCUT2D eigenvalue weighted by molar-refractivity contribution is 0.103. The number of rotatable bonds is 3. The summed E-state index contributed by atoms with van der Waals surface area (Å²) in [6, 6.07) is 17.0. The average molecular weight is 282 g/mol. The number of hydrogen-bond donors (Lipinski definition) is 0. The molecule has 0 N–H and O–H groups in total. The van der Waals surface area contributed by atoms with E-state index >= 15 is 0 Å². The van der Waals surface area contributed by atoms with E-state index in [1.54, 1.807) is 0 Å². The monoisotopic (exact) mass is 282 g/mol. The lowest BCUT2D eigenvalue weighted by atomic mass is 10.0. The molecule has 0 heterocycles. The van der Waals surface area contributed by atoms with Gasteiger partial charge in [0.15, 0.2) is 5.78 Å². The summed E-state index contributed by atoms with van der Waals surface area (Å²) in [5.41, 5.74) is 2.65. The van der Waals surface area contributed by atoms with Crippen molar-refractivity contribution in [3.63, 3.8) is 0 Å². The molecule has 1 heteroatoms. The van der Waals surface area contributed by atoms with Gasteiger partial charge in [-0.05, 0) is 13.3 Å². The van der Waals surface area contributed by atoms with Crippen molar-refractivity contribution in [1.82, 2.24) is 0 Å². The molecule has 0 saturated heterocycles. The van der Waals surface area contributed by atoms with Crippen LogP contribution in [0.5, 0.6) is 0 Å². The van der Waals surface area contributed by atoms with Crippen molar-refractivity contribution in [2.45, 2.75) is 34.1 Å². The van der Waals surface area contributed by atoms with Crippen LogP contribution in [0.3, 0.4) is 0 Å². The van der Waals surface area contributed by atoms with E-state index in [9.17, 15) is 4.79 Å². The standard InChI is InChI=1S/C14H12O.C4H8.C2H6/c1-11-7-9-13(10-8-11)14(15)12-5-3-2-4-6-12;1-3-4-2;1-2/h2-10H,1H3;3H,1,4H2,2H3;1-2H3. The summed E-state index contributed by atoms with van der Waals surface area (Å²) in [5, 5.41) is 0. The van der Waals surface area contributed by atoms with Crippen LogP contribution in [-0.2, 0) is 0 Å². The van der Waals surface area contributed by atoms with E-state index in [0.717, 1.165) is 17.5 Å². The molecular weight excluding hydrogens is 256 g/mol. The molecule has 21 heavy (non-hydrogen) atoms. The highest BCUT2D eigenvalue weighted by Gasteiger charge is 2.06. The van der Waals surface area contributed by atoms with Gasteiger partial charge in [0, 0.05) is 11.1 Å². The zero-order valence-electron chi connectivity index (χ0n) is 13.6. The zero-order chi connectivity index (χ0) is 16.1. The van der Waals surface area contributed by atoms with E-state index in [0.29, 0.717) is 0 Å². The maximum Gasteiger partial charge on any atom is 0.193 e. The number of ketones is 1. The molecule has 112 valence electrons. The predicted octanol–water partition coefficient (Wildman–Crippen LogP) is 5.83. The molecule has 0 aliphatic heterocycles. The molecular formula is C20H26O. The first-order valence-corrected chi connectivity index (χ1v) is 7.46. The summed E-state index contributed by atoms with van der Waals surface area (Å²) in [7, 11) is 0. The van der Waals surface area contributed by atoms with Crippen molar-refractivity contribution < 1.29 is 4.79 Å². The van der Waals surface area contributed by atoms with E-state index in [2.05, 4.69) is 13.5 Å². The molecule has 2 rings (SSSR count). The van der Waals surface area contributed by atoms with Crippen LogP contribution in [0.25, 0.3) is 0 Å². The summed E-state index contributed by atoms with van der Waals surface area (Å²) in [4.78, 5) is 12.0. The first kappa shape index (κ1) is 18.9. The van der Waals surface area contributed by atoms with Gasteiger partial charge < -0.3 is 0 Å². The van der Waals surface area contributed by atoms with Crippen LogP contribution in [0.1, 0.15) is 48.7 Å². The molecule has 0 amide bonds. The highest BCUT2D eigenvalue weighted by atomic mass is 16.1. The average Bonchev–Trinajstić information content (AvgIpc) is 2.58. The second kappa shape index (κ2) is 11.7. The molecule has 0 unspecified atom stereocenters. The van der Waals surface area contributed by atoms with Crippen LogP contribution in [0.2, 0.25) is 0 Å². The third-order valence-corrected chi connectivity index (χ3v) is 2.64. The highest BCUT2D eigenvalue weighted by Crippen LogP contribution is 2.10. The summed E-state index contributed by atoms with van der Waals surface area (Å²) in [5.74, 6) is 0.0793. The Morgan fingerprint density at radius 3 is 1.81 bits per heavy atom. The number of allylic oxidation sites excluding steroid dienone is 1. The normalized spacial score (nSPS) is 8.57. The molecule has 0 atom stereocenters. The molecule has 0 saturated carbocycles. The van der Waals surface area contributed by atoms with Gasteiger partial charge in [0.1, 0.15) is 0 Å². The van der Waals surface area contributed by atoms with Crippen LogP contribution < -0.4 is 0 Å². The molecule has 0 spiro atoms. The van der Waals surface area contributed by atoms with Crippen molar-refractivity contribution in [2.75, 3.05) is 0 Å². The quantitative estimate of drug-likeness (QED) is 0.511. The molecule has 0 aliphatic rings. The van der Waals surface area contributed by atoms with Gasteiger partial charge in [-0.2, -0.15) is 0 Å². The van der Waals surface area contributed by atoms with Crippen LogP contribution in [0.15, 0.2) is 67.3 Å². The van der Waals surface area contributed by atoms with Gasteiger partial charge in [0.25, 0.3) is 0 Å². The molecule has 0 aliphatic carbocycles. The van der Waals surface area contributed by atoms with Gasteiger partial charge >= 0.3 is 0 Å². The van der Waals surface area contributed by atoms with E-state index in [4.69, 9.17) is 0 Å². The minimum Gasteiger partial charge on any atom is -0.289 e. The highest BCUT2D eigenvalue weighted by molar-refractivity contribution is 6.08. The first-order chi connectivity index (χ1) is 10.2. The van der Waals surface area contributed by atoms with Gasteiger partial charge in [-0.15, -0.1) is 6.58 Å². The Hall–Kier alpha value is -2.15. The first-order valence-electron chi connectivity index (χ1n) is 7.46.